The smallest absolute Gasteiger partial charge is 0.333 e. The molecule has 0 aliphatic carbocycles. The average Bonchev–Trinajstić information content (AvgIpc) is 3.31. The van der Waals surface area contributed by atoms with Crippen molar-refractivity contribution in [2.45, 2.75) is 65.6 Å². The average molecular weight is 394 g/mol. The summed E-state index contributed by atoms with van der Waals surface area (Å²) in [6, 6.07) is 0.0286. The van der Waals surface area contributed by atoms with Gasteiger partial charge in [0.1, 0.15) is 11.2 Å². The van der Waals surface area contributed by atoms with Crippen molar-refractivity contribution in [1.82, 2.24) is 19.4 Å². The highest BCUT2D eigenvalue weighted by molar-refractivity contribution is 7.22. The Bertz CT molecular complexity index is 939. The van der Waals surface area contributed by atoms with Gasteiger partial charge in [-0.3, -0.25) is 18.7 Å². The van der Waals surface area contributed by atoms with Crippen molar-refractivity contribution in [2.24, 2.45) is 0 Å². The van der Waals surface area contributed by atoms with Crippen molar-refractivity contribution < 1.29 is 4.79 Å². The Balaban J connectivity index is 2.09. The number of carbonyl (C=O) groups excluding carboxylic acids is 1. The van der Waals surface area contributed by atoms with E-state index in [-0.39, 0.29) is 24.1 Å². The standard InChI is InChI=1S/C18H27N5O3S/c1-4-8-22-16(25)14-15(20-17(27-14)21-9-6-7-10-21)23(18(22)26)11-13(24)19-12(3)5-2/h12H,4-11H2,1-3H3,(H,19,24). The van der Waals surface area contributed by atoms with Crippen LogP contribution in [0.3, 0.4) is 0 Å². The predicted octanol–water partition coefficient (Wildman–Crippen LogP) is 1.54. The predicted molar refractivity (Wildman–Crippen MR) is 108 cm³/mol. The van der Waals surface area contributed by atoms with Crippen molar-refractivity contribution >= 4 is 32.7 Å². The highest BCUT2D eigenvalue weighted by atomic mass is 32.1. The molecule has 2 aromatic heterocycles. The van der Waals surface area contributed by atoms with Gasteiger partial charge in [0.25, 0.3) is 5.56 Å². The van der Waals surface area contributed by atoms with Crippen molar-refractivity contribution in [3.05, 3.63) is 20.8 Å². The maximum Gasteiger partial charge on any atom is 0.333 e. The minimum atomic E-state index is -0.466. The first kappa shape index (κ1) is 19.6. The summed E-state index contributed by atoms with van der Waals surface area (Å²) in [5, 5.41) is 3.63. The van der Waals surface area contributed by atoms with Crippen LogP contribution in [0, 0.1) is 0 Å². The Morgan fingerprint density at radius 1 is 1.22 bits per heavy atom. The van der Waals surface area contributed by atoms with E-state index in [1.165, 1.54) is 20.5 Å². The molecule has 1 fully saturated rings. The van der Waals surface area contributed by atoms with Crippen LogP contribution in [0.15, 0.2) is 9.59 Å². The molecule has 148 valence electrons. The molecule has 0 spiro atoms. The van der Waals surface area contributed by atoms with Crippen LogP contribution in [0.1, 0.15) is 46.5 Å². The van der Waals surface area contributed by atoms with Gasteiger partial charge in [-0.05, 0) is 32.6 Å². The van der Waals surface area contributed by atoms with E-state index in [1.54, 1.807) is 0 Å². The fourth-order valence-corrected chi connectivity index (χ4v) is 4.31. The first-order chi connectivity index (χ1) is 13.0. The number of fused-ring (bicyclic) bond motifs is 1. The number of amides is 1. The maximum atomic E-state index is 12.9. The SMILES string of the molecule is CCCn1c(=O)c2sc(N3CCCC3)nc2n(CC(=O)NC(C)CC)c1=O. The van der Waals surface area contributed by atoms with E-state index in [1.807, 2.05) is 20.8 Å². The fraction of sp³-hybridized carbons (Fsp3) is 0.667. The summed E-state index contributed by atoms with van der Waals surface area (Å²) in [6.07, 6.45) is 3.67. The number of hydrogen-bond donors (Lipinski definition) is 1. The van der Waals surface area contributed by atoms with Crippen molar-refractivity contribution in [1.29, 1.82) is 0 Å². The molecule has 1 saturated heterocycles. The summed E-state index contributed by atoms with van der Waals surface area (Å²) in [6.45, 7) is 7.83. The Morgan fingerprint density at radius 3 is 2.56 bits per heavy atom. The lowest BCUT2D eigenvalue weighted by Gasteiger charge is -2.14. The van der Waals surface area contributed by atoms with Gasteiger partial charge in [0.2, 0.25) is 5.91 Å². The summed E-state index contributed by atoms with van der Waals surface area (Å²) in [5.41, 5.74) is -0.450. The van der Waals surface area contributed by atoms with Crippen molar-refractivity contribution in [2.75, 3.05) is 18.0 Å². The van der Waals surface area contributed by atoms with E-state index >= 15 is 0 Å². The molecule has 3 heterocycles. The summed E-state index contributed by atoms with van der Waals surface area (Å²) in [5.74, 6) is -0.245. The lowest BCUT2D eigenvalue weighted by atomic mass is 10.2. The summed E-state index contributed by atoms with van der Waals surface area (Å²) >= 11 is 1.32. The molecule has 9 heteroatoms. The molecular weight excluding hydrogens is 366 g/mol. The number of rotatable bonds is 7. The van der Waals surface area contributed by atoms with Crippen molar-refractivity contribution in [3.63, 3.8) is 0 Å². The third kappa shape index (κ3) is 3.92. The van der Waals surface area contributed by atoms with Crippen LogP contribution in [-0.2, 0) is 17.9 Å². The normalized spacial score (nSPS) is 15.4. The minimum absolute atomic E-state index is 0.0286. The van der Waals surface area contributed by atoms with Crippen LogP contribution in [0.5, 0.6) is 0 Å². The number of aromatic nitrogens is 3. The zero-order chi connectivity index (χ0) is 19.6. The highest BCUT2D eigenvalue weighted by Crippen LogP contribution is 2.28. The Kier molecular flexibility index (Phi) is 5.98. The van der Waals surface area contributed by atoms with Crippen LogP contribution < -0.4 is 21.5 Å². The van der Waals surface area contributed by atoms with Gasteiger partial charge in [0, 0.05) is 25.7 Å². The molecule has 3 rings (SSSR count). The third-order valence-corrected chi connectivity index (χ3v) is 5.99. The van der Waals surface area contributed by atoms with Crippen molar-refractivity contribution in [3.8, 4) is 0 Å². The molecule has 1 N–H and O–H groups in total. The van der Waals surface area contributed by atoms with E-state index in [4.69, 9.17) is 0 Å². The molecule has 1 unspecified atom stereocenters. The molecule has 0 bridgehead atoms. The lowest BCUT2D eigenvalue weighted by molar-refractivity contribution is -0.122. The molecule has 0 saturated carbocycles. The number of thiazole rings is 1. The molecule has 0 radical (unpaired) electrons. The second kappa shape index (κ2) is 8.24. The molecule has 1 aliphatic rings. The molecular formula is C18H27N5O3S. The lowest BCUT2D eigenvalue weighted by Crippen LogP contribution is -2.43. The van der Waals surface area contributed by atoms with E-state index in [9.17, 15) is 14.4 Å². The van der Waals surface area contributed by atoms with E-state index < -0.39 is 5.69 Å². The number of nitrogens with one attached hydrogen (secondary N) is 1. The van der Waals surface area contributed by atoms with Crippen LogP contribution in [0.2, 0.25) is 0 Å². The molecule has 0 aromatic carbocycles. The molecule has 27 heavy (non-hydrogen) atoms. The van der Waals surface area contributed by atoms with Gasteiger partial charge >= 0.3 is 5.69 Å². The first-order valence-corrected chi connectivity index (χ1v) is 10.5. The number of anilines is 1. The molecule has 2 aromatic rings. The van der Waals surface area contributed by atoms with Gasteiger partial charge in [0.05, 0.1) is 0 Å². The van der Waals surface area contributed by atoms with Crippen LogP contribution in [0.25, 0.3) is 10.3 Å². The van der Waals surface area contributed by atoms with Crippen LogP contribution in [0.4, 0.5) is 5.13 Å². The number of nitrogens with zero attached hydrogens (tertiary/aromatic N) is 4. The monoisotopic (exact) mass is 393 g/mol. The van der Waals surface area contributed by atoms with Crippen LogP contribution in [-0.4, -0.2) is 39.2 Å². The third-order valence-electron chi connectivity index (χ3n) is 4.90. The summed E-state index contributed by atoms with van der Waals surface area (Å²) in [7, 11) is 0. The second-order valence-corrected chi connectivity index (χ2v) is 8.02. The second-order valence-electron chi connectivity index (χ2n) is 7.05. The Morgan fingerprint density at radius 2 is 1.93 bits per heavy atom. The topological polar surface area (TPSA) is 89.2 Å². The fourth-order valence-electron chi connectivity index (χ4n) is 3.24. The molecule has 8 nitrogen and oxygen atoms in total. The Hall–Kier alpha value is -2.16. The van der Waals surface area contributed by atoms with E-state index in [2.05, 4.69) is 15.2 Å². The minimum Gasteiger partial charge on any atom is -0.352 e. The number of carbonyl (C=O) groups is 1. The first-order valence-electron chi connectivity index (χ1n) is 9.64. The molecule has 1 atom stereocenters. The van der Waals surface area contributed by atoms with Gasteiger partial charge in [-0.2, -0.15) is 0 Å². The van der Waals surface area contributed by atoms with Crippen LogP contribution >= 0.6 is 11.3 Å². The van der Waals surface area contributed by atoms with E-state index in [0.717, 1.165) is 37.5 Å². The van der Waals surface area contributed by atoms with E-state index in [0.29, 0.717) is 23.3 Å². The van der Waals surface area contributed by atoms with Gasteiger partial charge in [-0.15, -0.1) is 0 Å². The maximum absolute atomic E-state index is 12.9. The summed E-state index contributed by atoms with van der Waals surface area (Å²) < 4.78 is 3.02. The highest BCUT2D eigenvalue weighted by Gasteiger charge is 2.23. The van der Waals surface area contributed by atoms with Gasteiger partial charge in [-0.25, -0.2) is 9.78 Å². The molecule has 1 aliphatic heterocycles. The van der Waals surface area contributed by atoms with Gasteiger partial charge < -0.3 is 10.2 Å². The summed E-state index contributed by atoms with van der Waals surface area (Å²) in [4.78, 5) is 44.9. The number of hydrogen-bond acceptors (Lipinski definition) is 6. The zero-order valence-corrected chi connectivity index (χ0v) is 17.0. The van der Waals surface area contributed by atoms with Gasteiger partial charge in [0.15, 0.2) is 10.8 Å². The Labute approximate surface area is 161 Å². The molecule has 1 amide bonds. The largest absolute Gasteiger partial charge is 0.352 e. The van der Waals surface area contributed by atoms with Gasteiger partial charge in [-0.1, -0.05) is 25.2 Å². The zero-order valence-electron chi connectivity index (χ0n) is 16.2. The quantitative estimate of drug-likeness (QED) is 0.771.